The lowest BCUT2D eigenvalue weighted by Crippen LogP contribution is -2.38. The Morgan fingerprint density at radius 3 is 2.33 bits per heavy atom. The molecule has 0 amide bonds. The van der Waals surface area contributed by atoms with Gasteiger partial charge >= 0.3 is 5.97 Å². The molecule has 0 spiro atoms. The number of nitrogens with zero attached hydrogens (tertiary/aromatic N) is 2. The highest BCUT2D eigenvalue weighted by Crippen LogP contribution is 2.28. The van der Waals surface area contributed by atoms with E-state index in [0.717, 1.165) is 50.1 Å². The fourth-order valence-electron chi connectivity index (χ4n) is 5.41. The van der Waals surface area contributed by atoms with Gasteiger partial charge in [0.1, 0.15) is 6.61 Å². The van der Waals surface area contributed by atoms with Crippen molar-refractivity contribution in [2.24, 2.45) is 0 Å². The molecule has 8 nitrogen and oxygen atoms in total. The van der Waals surface area contributed by atoms with Crippen LogP contribution in [0, 0.1) is 27.7 Å². The van der Waals surface area contributed by atoms with Gasteiger partial charge in [-0.3, -0.25) is 0 Å². The number of aromatic nitrogens is 2. The molecule has 0 aliphatic rings. The zero-order valence-electron chi connectivity index (χ0n) is 25.0. The summed E-state index contributed by atoms with van der Waals surface area (Å²) in [5.41, 5.74) is 7.27. The Bertz CT molecular complexity index is 1880. The molecular formula is C34H36N4O4S. The smallest absolute Gasteiger partial charge is 0.338 e. The highest BCUT2D eigenvalue weighted by atomic mass is 32.2. The quantitative estimate of drug-likeness (QED) is 0.181. The van der Waals surface area contributed by atoms with E-state index in [9.17, 15) is 13.2 Å². The maximum atomic E-state index is 13.2. The average Bonchev–Trinajstić information content (AvgIpc) is 3.38. The van der Waals surface area contributed by atoms with E-state index in [1.807, 2.05) is 101 Å². The van der Waals surface area contributed by atoms with Gasteiger partial charge in [-0.1, -0.05) is 54.1 Å². The summed E-state index contributed by atoms with van der Waals surface area (Å²) in [7, 11) is -3.70. The second-order valence-corrected chi connectivity index (χ2v) is 12.7. The van der Waals surface area contributed by atoms with Crippen LogP contribution in [0.4, 0.5) is 5.69 Å². The Hall–Kier alpha value is -4.47. The van der Waals surface area contributed by atoms with E-state index in [1.165, 1.54) is 0 Å². The third-order valence-electron chi connectivity index (χ3n) is 7.20. The Morgan fingerprint density at radius 2 is 1.60 bits per heavy atom. The number of sulfonamides is 1. The number of benzene rings is 4. The molecule has 0 bridgehead atoms. The summed E-state index contributed by atoms with van der Waals surface area (Å²) in [5.74, 6) is -0.409. The molecule has 5 rings (SSSR count). The number of rotatable bonds is 10. The van der Waals surface area contributed by atoms with Gasteiger partial charge in [-0.15, -0.1) is 0 Å². The summed E-state index contributed by atoms with van der Waals surface area (Å²) in [6.45, 7) is 10.00. The summed E-state index contributed by atoms with van der Waals surface area (Å²) in [4.78, 5) is 13.1. The minimum absolute atomic E-state index is 0.196. The molecule has 0 unspecified atom stereocenters. The molecule has 0 saturated heterocycles. The van der Waals surface area contributed by atoms with Crippen LogP contribution in [-0.4, -0.2) is 36.8 Å². The third kappa shape index (κ3) is 6.79. The van der Waals surface area contributed by atoms with Crippen molar-refractivity contribution in [2.75, 3.05) is 11.9 Å². The molecule has 0 fully saturated rings. The maximum absolute atomic E-state index is 13.2. The number of anilines is 1. The first kappa shape index (κ1) is 30.0. The maximum Gasteiger partial charge on any atom is 0.338 e. The zero-order valence-corrected chi connectivity index (χ0v) is 25.8. The van der Waals surface area contributed by atoms with Crippen molar-refractivity contribution in [1.29, 1.82) is 0 Å². The van der Waals surface area contributed by atoms with Crippen molar-refractivity contribution in [1.82, 2.24) is 14.5 Å². The van der Waals surface area contributed by atoms with Crippen molar-refractivity contribution < 1.29 is 17.9 Å². The van der Waals surface area contributed by atoms with Crippen LogP contribution in [0.25, 0.3) is 16.6 Å². The van der Waals surface area contributed by atoms with Crippen molar-refractivity contribution in [2.45, 2.75) is 52.2 Å². The van der Waals surface area contributed by atoms with Crippen LogP contribution in [0.3, 0.4) is 0 Å². The van der Waals surface area contributed by atoms with Crippen LogP contribution in [0.15, 0.2) is 90.0 Å². The number of carbonyl (C=O) groups excluding carboxylic acids is 1. The normalized spacial score (nSPS) is 12.3. The van der Waals surface area contributed by atoms with Crippen LogP contribution in [0.5, 0.6) is 0 Å². The summed E-state index contributed by atoms with van der Waals surface area (Å²) in [6, 6.07) is 24.2. The molecule has 0 aliphatic carbocycles. The number of carbonyl (C=O) groups is 1. The van der Waals surface area contributed by atoms with Gasteiger partial charge in [-0.2, -0.15) is 5.10 Å². The summed E-state index contributed by atoms with van der Waals surface area (Å²) >= 11 is 0. The fraction of sp³-hybridized carbons (Fsp3) is 0.235. The van der Waals surface area contributed by atoms with Gasteiger partial charge < -0.3 is 10.1 Å². The van der Waals surface area contributed by atoms with Crippen molar-refractivity contribution >= 4 is 32.6 Å². The second kappa shape index (κ2) is 12.4. The molecule has 5 aromatic rings. The lowest BCUT2D eigenvalue weighted by Gasteiger charge is -2.19. The third-order valence-corrected chi connectivity index (χ3v) is 9.09. The van der Waals surface area contributed by atoms with E-state index in [2.05, 4.69) is 15.1 Å². The zero-order chi connectivity index (χ0) is 30.7. The van der Waals surface area contributed by atoms with Gasteiger partial charge in [0.2, 0.25) is 10.0 Å². The predicted octanol–water partition coefficient (Wildman–Crippen LogP) is 6.40. The Morgan fingerprint density at radius 1 is 0.907 bits per heavy atom. The molecule has 4 aromatic carbocycles. The molecule has 43 heavy (non-hydrogen) atoms. The van der Waals surface area contributed by atoms with Gasteiger partial charge in [-0.05, 0) is 87.2 Å². The first-order chi connectivity index (χ1) is 20.5. The molecule has 0 aliphatic heterocycles. The summed E-state index contributed by atoms with van der Waals surface area (Å²) < 4.78 is 36.6. The number of ether oxygens (including phenoxy) is 1. The van der Waals surface area contributed by atoms with Crippen LogP contribution in [0.2, 0.25) is 0 Å². The number of hydrogen-bond acceptors (Lipinski definition) is 6. The van der Waals surface area contributed by atoms with E-state index in [0.29, 0.717) is 17.0 Å². The first-order valence-corrected chi connectivity index (χ1v) is 15.6. The predicted molar refractivity (Wildman–Crippen MR) is 170 cm³/mol. The van der Waals surface area contributed by atoms with Crippen LogP contribution >= 0.6 is 0 Å². The topological polar surface area (TPSA) is 102 Å². The van der Waals surface area contributed by atoms with Gasteiger partial charge in [-0.25, -0.2) is 22.6 Å². The Kier molecular flexibility index (Phi) is 8.66. The molecule has 0 saturated carbocycles. The SMILES string of the molecule is Cc1cc(C)c(S(=O)(=O)N[C@@H](C)CNc2cc(C)cc3c2cnn3-c2cccc(C(=O)OCc3ccccc3)c2)c(C)c1. The number of fused-ring (bicyclic) bond motifs is 1. The molecule has 0 radical (unpaired) electrons. The fourth-order valence-corrected chi connectivity index (χ4v) is 7.11. The van der Waals surface area contributed by atoms with Crippen molar-refractivity contribution in [3.05, 3.63) is 118 Å². The number of nitrogens with one attached hydrogen (secondary N) is 2. The van der Waals surface area contributed by atoms with Gasteiger partial charge in [0.05, 0.1) is 27.9 Å². The Labute approximate surface area is 252 Å². The first-order valence-electron chi connectivity index (χ1n) is 14.2. The largest absolute Gasteiger partial charge is 0.457 e. The minimum atomic E-state index is -3.70. The summed E-state index contributed by atoms with van der Waals surface area (Å²) in [5, 5.41) is 8.92. The lowest BCUT2D eigenvalue weighted by atomic mass is 10.1. The standard InChI is InChI=1S/C34H36N4O4S/c1-22-14-24(3)33(25(4)15-22)43(40,41)37-26(5)19-35-31-16-23(2)17-32-30(31)20-36-38(32)29-13-9-12-28(18-29)34(39)42-21-27-10-7-6-8-11-27/h6-18,20,26,35,37H,19,21H2,1-5H3/t26-/m0/s1. The van der Waals surface area contributed by atoms with Crippen LogP contribution in [-0.2, 0) is 21.4 Å². The van der Waals surface area contributed by atoms with E-state index in [1.54, 1.807) is 23.0 Å². The lowest BCUT2D eigenvalue weighted by molar-refractivity contribution is 0.0472. The average molecular weight is 597 g/mol. The van der Waals surface area contributed by atoms with Gasteiger partial charge in [0, 0.05) is 23.7 Å². The van der Waals surface area contributed by atoms with Crippen molar-refractivity contribution in [3.63, 3.8) is 0 Å². The van der Waals surface area contributed by atoms with E-state index in [4.69, 9.17) is 4.74 Å². The molecule has 9 heteroatoms. The molecule has 1 aromatic heterocycles. The second-order valence-electron chi connectivity index (χ2n) is 11.0. The van der Waals surface area contributed by atoms with E-state index in [-0.39, 0.29) is 12.6 Å². The molecular weight excluding hydrogens is 560 g/mol. The minimum Gasteiger partial charge on any atom is -0.457 e. The highest BCUT2D eigenvalue weighted by Gasteiger charge is 2.22. The monoisotopic (exact) mass is 596 g/mol. The number of esters is 1. The number of hydrogen-bond donors (Lipinski definition) is 2. The van der Waals surface area contributed by atoms with Gasteiger partial charge in [0.25, 0.3) is 0 Å². The van der Waals surface area contributed by atoms with E-state index < -0.39 is 16.0 Å². The molecule has 2 N–H and O–H groups in total. The molecule has 1 heterocycles. The van der Waals surface area contributed by atoms with Gasteiger partial charge in [0.15, 0.2) is 0 Å². The molecule has 222 valence electrons. The van der Waals surface area contributed by atoms with Crippen LogP contribution in [0.1, 0.15) is 45.1 Å². The van der Waals surface area contributed by atoms with Crippen LogP contribution < -0.4 is 10.0 Å². The van der Waals surface area contributed by atoms with Crippen molar-refractivity contribution in [3.8, 4) is 5.69 Å². The summed E-state index contributed by atoms with van der Waals surface area (Å²) in [6.07, 6.45) is 1.77. The Balaban J connectivity index is 1.32. The number of aryl methyl sites for hydroxylation is 4. The highest BCUT2D eigenvalue weighted by molar-refractivity contribution is 7.89. The van der Waals surface area contributed by atoms with E-state index >= 15 is 0 Å². The molecule has 1 atom stereocenters.